The molecule has 1 heterocycles. The van der Waals surface area contributed by atoms with Crippen LogP contribution in [0.1, 0.15) is 61.4 Å². The molecule has 0 aliphatic heterocycles. The van der Waals surface area contributed by atoms with Gasteiger partial charge in [-0.05, 0) is 62.8 Å². The van der Waals surface area contributed by atoms with Crippen molar-refractivity contribution in [3.8, 4) is 11.3 Å². The van der Waals surface area contributed by atoms with Crippen molar-refractivity contribution in [3.63, 3.8) is 0 Å². The van der Waals surface area contributed by atoms with E-state index >= 15 is 0 Å². The molecule has 1 aliphatic rings. The van der Waals surface area contributed by atoms with Crippen LogP contribution in [-0.4, -0.2) is 27.5 Å². The number of carboxylic acids is 1. The maximum atomic E-state index is 13.9. The van der Waals surface area contributed by atoms with Gasteiger partial charge in [-0.15, -0.1) is 0 Å². The van der Waals surface area contributed by atoms with Gasteiger partial charge in [0.2, 0.25) is 0 Å². The quantitative estimate of drug-likeness (QED) is 0.397. The van der Waals surface area contributed by atoms with E-state index < -0.39 is 5.97 Å². The van der Waals surface area contributed by atoms with Gasteiger partial charge in [-0.25, -0.2) is 4.98 Å². The van der Waals surface area contributed by atoms with E-state index in [1.807, 2.05) is 55.5 Å². The number of hydrogen-bond acceptors (Lipinski definition) is 3. The van der Waals surface area contributed by atoms with Crippen molar-refractivity contribution in [3.05, 3.63) is 64.1 Å². The van der Waals surface area contributed by atoms with Crippen LogP contribution in [0.2, 0.25) is 0 Å². The average Bonchev–Trinajstić information content (AvgIpc) is 2.79. The predicted molar refractivity (Wildman–Crippen MR) is 134 cm³/mol. The molecule has 3 aromatic rings. The molecular weight excluding hydrogens is 480 g/mol. The van der Waals surface area contributed by atoms with Crippen LogP contribution in [0.25, 0.3) is 22.2 Å². The van der Waals surface area contributed by atoms with E-state index in [2.05, 4.69) is 28.2 Å². The lowest BCUT2D eigenvalue weighted by atomic mass is 9.74. The topological polar surface area (TPSA) is 79.3 Å². The van der Waals surface area contributed by atoms with Gasteiger partial charge in [0.15, 0.2) is 0 Å². The summed E-state index contributed by atoms with van der Waals surface area (Å²) in [6.45, 7) is 4.06. The predicted octanol–water partition coefficient (Wildman–Crippen LogP) is 6.52. The van der Waals surface area contributed by atoms with Gasteiger partial charge in [-0.1, -0.05) is 59.6 Å². The van der Waals surface area contributed by atoms with Crippen LogP contribution >= 0.6 is 15.9 Å². The first kappa shape index (κ1) is 23.4. The van der Waals surface area contributed by atoms with Crippen molar-refractivity contribution in [1.82, 2.24) is 10.3 Å². The molecule has 0 spiro atoms. The van der Waals surface area contributed by atoms with Crippen LogP contribution in [0.5, 0.6) is 0 Å². The Morgan fingerprint density at radius 1 is 1.15 bits per heavy atom. The minimum absolute atomic E-state index is 0.114. The van der Waals surface area contributed by atoms with Gasteiger partial charge < -0.3 is 10.4 Å². The maximum absolute atomic E-state index is 13.9. The number of fused-ring (bicyclic) bond motifs is 1. The second-order valence-electron chi connectivity index (χ2n) is 9.08. The third-order valence-corrected chi connectivity index (χ3v) is 7.36. The number of halogens is 1. The van der Waals surface area contributed by atoms with Gasteiger partial charge in [0.1, 0.15) is 0 Å². The highest BCUT2D eigenvalue weighted by atomic mass is 79.9. The van der Waals surface area contributed by atoms with Gasteiger partial charge in [-0.2, -0.15) is 0 Å². The summed E-state index contributed by atoms with van der Waals surface area (Å²) in [5.74, 6) is -1.17. The molecule has 1 saturated carbocycles. The van der Waals surface area contributed by atoms with Crippen molar-refractivity contribution in [2.24, 2.45) is 5.92 Å². The summed E-state index contributed by atoms with van der Waals surface area (Å²) in [7, 11) is 0. The number of nitrogens with one attached hydrogen (secondary N) is 1. The summed E-state index contributed by atoms with van der Waals surface area (Å²) in [6.07, 6.45) is 4.30. The Labute approximate surface area is 202 Å². The highest BCUT2D eigenvalue weighted by Crippen LogP contribution is 2.37. The number of nitrogens with zero attached hydrogens (tertiary/aromatic N) is 1. The molecule has 5 nitrogen and oxygen atoms in total. The van der Waals surface area contributed by atoms with Gasteiger partial charge in [0.25, 0.3) is 5.91 Å². The Balaban J connectivity index is 1.77. The molecule has 2 N–H and O–H groups in total. The molecule has 0 unspecified atom stereocenters. The number of aromatic nitrogens is 1. The Bertz CT molecular complexity index is 1180. The number of hydrogen-bond donors (Lipinski definition) is 2. The summed E-state index contributed by atoms with van der Waals surface area (Å²) in [6, 6.07) is 15.7. The van der Waals surface area contributed by atoms with Crippen LogP contribution in [0.15, 0.2) is 53.0 Å². The van der Waals surface area contributed by atoms with E-state index in [4.69, 9.17) is 4.98 Å². The van der Waals surface area contributed by atoms with Gasteiger partial charge in [-0.3, -0.25) is 9.59 Å². The van der Waals surface area contributed by atoms with Crippen LogP contribution in [0, 0.1) is 12.8 Å². The molecule has 6 heteroatoms. The van der Waals surface area contributed by atoms with E-state index in [-0.39, 0.29) is 17.4 Å². The lowest BCUT2D eigenvalue weighted by Crippen LogP contribution is -2.51. The molecule has 0 saturated heterocycles. The molecule has 0 atom stereocenters. The summed E-state index contributed by atoms with van der Waals surface area (Å²) in [5.41, 5.74) is 3.64. The zero-order valence-electron chi connectivity index (χ0n) is 19.0. The summed E-state index contributed by atoms with van der Waals surface area (Å²) in [4.78, 5) is 30.2. The molecule has 2 aromatic carbocycles. The van der Waals surface area contributed by atoms with E-state index in [0.29, 0.717) is 31.2 Å². The zero-order chi connectivity index (χ0) is 23.6. The summed E-state index contributed by atoms with van der Waals surface area (Å²) in [5, 5.41) is 13.6. The molecule has 4 rings (SSSR count). The number of aliphatic carboxylic acids is 1. The second-order valence-corrected chi connectivity index (χ2v) is 10.0. The number of carbonyl (C=O) groups excluding carboxylic acids is 1. The van der Waals surface area contributed by atoms with Crippen LogP contribution in [0.3, 0.4) is 0 Å². The highest BCUT2D eigenvalue weighted by Gasteiger charge is 2.38. The minimum atomic E-state index is -0.736. The lowest BCUT2D eigenvalue weighted by Gasteiger charge is -2.40. The molecule has 1 aromatic heterocycles. The first-order valence-electron chi connectivity index (χ1n) is 11.5. The average molecular weight is 509 g/mol. The lowest BCUT2D eigenvalue weighted by molar-refractivity contribution is -0.143. The van der Waals surface area contributed by atoms with Gasteiger partial charge >= 0.3 is 5.97 Å². The van der Waals surface area contributed by atoms with E-state index in [1.165, 1.54) is 0 Å². The molecule has 33 heavy (non-hydrogen) atoms. The van der Waals surface area contributed by atoms with Crippen molar-refractivity contribution in [2.75, 3.05) is 0 Å². The Kier molecular flexibility index (Phi) is 6.84. The van der Waals surface area contributed by atoms with E-state index in [0.717, 1.165) is 45.0 Å². The third-order valence-electron chi connectivity index (χ3n) is 6.86. The fourth-order valence-electron chi connectivity index (χ4n) is 5.14. The molecule has 1 amide bonds. The largest absolute Gasteiger partial charge is 0.481 e. The number of pyridine rings is 1. The Morgan fingerprint density at radius 3 is 2.48 bits per heavy atom. The monoisotopic (exact) mass is 508 g/mol. The molecule has 0 bridgehead atoms. The third kappa shape index (κ3) is 4.81. The Morgan fingerprint density at radius 2 is 1.85 bits per heavy atom. The summed E-state index contributed by atoms with van der Waals surface area (Å²) < 4.78 is 0.892. The molecule has 172 valence electrons. The van der Waals surface area contributed by atoms with E-state index in [1.54, 1.807) is 0 Å². The molecule has 1 aliphatic carbocycles. The Hall–Kier alpha value is -2.73. The van der Waals surface area contributed by atoms with Gasteiger partial charge in [0.05, 0.1) is 22.7 Å². The first-order chi connectivity index (χ1) is 15.8. The SMILES string of the molecule is CCCC1(NC(=O)c2c(C)c(-c3ccccc3)nc3ccc(Br)cc23)CCC(C(=O)O)CC1. The van der Waals surface area contributed by atoms with Crippen molar-refractivity contribution in [2.45, 2.75) is 57.9 Å². The second kappa shape index (κ2) is 9.64. The van der Waals surface area contributed by atoms with Crippen molar-refractivity contribution < 1.29 is 14.7 Å². The van der Waals surface area contributed by atoms with Crippen LogP contribution in [-0.2, 0) is 4.79 Å². The standard InChI is InChI=1S/C27H29BrN2O3/c1-3-13-27(14-11-19(12-15-27)26(32)33)30-25(31)23-17(2)24(18-7-5-4-6-8-18)29-22-10-9-20(28)16-21(22)23/h4-10,16,19H,3,11-15H2,1-2H3,(H,30,31)(H,32,33). The van der Waals surface area contributed by atoms with Crippen LogP contribution < -0.4 is 5.32 Å². The molecule has 1 fully saturated rings. The van der Waals surface area contributed by atoms with E-state index in [9.17, 15) is 14.7 Å². The molecule has 0 radical (unpaired) electrons. The number of carboxylic acid groups (broad SMARTS) is 1. The number of rotatable bonds is 6. The van der Waals surface area contributed by atoms with Crippen LogP contribution in [0.4, 0.5) is 0 Å². The first-order valence-corrected chi connectivity index (χ1v) is 12.3. The number of amides is 1. The van der Waals surface area contributed by atoms with Crippen molar-refractivity contribution in [1.29, 1.82) is 0 Å². The number of carbonyl (C=O) groups is 2. The fourth-order valence-corrected chi connectivity index (χ4v) is 5.50. The normalized spacial score (nSPS) is 20.5. The smallest absolute Gasteiger partial charge is 0.306 e. The van der Waals surface area contributed by atoms with Gasteiger partial charge in [0, 0.05) is 21.0 Å². The molecular formula is C27H29BrN2O3. The fraction of sp³-hybridized carbons (Fsp3) is 0.370. The van der Waals surface area contributed by atoms with Crippen molar-refractivity contribution >= 4 is 38.7 Å². The maximum Gasteiger partial charge on any atom is 0.306 e. The highest BCUT2D eigenvalue weighted by molar-refractivity contribution is 9.10. The number of benzene rings is 2. The zero-order valence-corrected chi connectivity index (χ0v) is 20.6. The summed E-state index contributed by atoms with van der Waals surface area (Å²) >= 11 is 3.54. The minimum Gasteiger partial charge on any atom is -0.481 e.